The SMILES string of the molecule is CN[C@@H](C)C(=O)N[C@H](C(=O)N1C[C@@H](NC(=O)c2ccc(C(=O)N[C@H]3C[C@@H](C(=O)N[C@H](Cc4ccccc4)c4ccccc4)N(C(=O)[C@@H](NC(=O)[C@H](C)NC)C4CCCCC4)C3)cc2)C[C@H]1C(=O)N[C@H](Cc1ccccc1)c1ccccc1)C1CCCCC1. The summed E-state index contributed by atoms with van der Waals surface area (Å²) in [6.45, 7) is 3.49. The molecular formula is C70H88N10O8. The second-order valence-electron chi connectivity index (χ2n) is 24.5. The number of benzene rings is 5. The predicted molar refractivity (Wildman–Crippen MR) is 338 cm³/mol. The zero-order valence-electron chi connectivity index (χ0n) is 51.3. The van der Waals surface area contributed by atoms with Crippen LogP contribution in [0.15, 0.2) is 146 Å². The Kier molecular flexibility index (Phi) is 22.7. The predicted octanol–water partition coefficient (Wildman–Crippen LogP) is 6.63. The molecule has 2 aliphatic carbocycles. The van der Waals surface area contributed by atoms with Gasteiger partial charge in [0.05, 0.1) is 24.2 Å². The summed E-state index contributed by atoms with van der Waals surface area (Å²) < 4.78 is 0. The van der Waals surface area contributed by atoms with Crippen LogP contribution in [0.3, 0.4) is 0 Å². The maximum Gasteiger partial charge on any atom is 0.251 e. The van der Waals surface area contributed by atoms with E-state index in [1.165, 1.54) is 9.80 Å². The van der Waals surface area contributed by atoms with Crippen LogP contribution < -0.4 is 42.5 Å². The van der Waals surface area contributed by atoms with Crippen molar-refractivity contribution in [3.8, 4) is 0 Å². The fourth-order valence-electron chi connectivity index (χ4n) is 13.2. The Balaban J connectivity index is 0.923. The van der Waals surface area contributed by atoms with Crippen molar-refractivity contribution < 1.29 is 38.4 Å². The highest BCUT2D eigenvalue weighted by atomic mass is 16.2. The quantitative estimate of drug-likeness (QED) is 0.0328. The summed E-state index contributed by atoms with van der Waals surface area (Å²) in [7, 11) is 3.37. The van der Waals surface area contributed by atoms with Gasteiger partial charge in [0.2, 0.25) is 35.4 Å². The van der Waals surface area contributed by atoms with Crippen LogP contribution in [-0.4, -0.2) is 133 Å². The van der Waals surface area contributed by atoms with Crippen molar-refractivity contribution in [3.63, 3.8) is 0 Å². The minimum Gasteiger partial charge on any atom is -0.347 e. The molecule has 0 spiro atoms. The average Bonchev–Trinajstić information content (AvgIpc) is 4.43. The lowest BCUT2D eigenvalue weighted by molar-refractivity contribution is -0.143. The smallest absolute Gasteiger partial charge is 0.251 e. The van der Waals surface area contributed by atoms with Gasteiger partial charge < -0.3 is 52.3 Å². The first-order valence-electron chi connectivity index (χ1n) is 31.7. The molecule has 0 radical (unpaired) electrons. The molecule has 18 nitrogen and oxygen atoms in total. The van der Waals surface area contributed by atoms with E-state index in [2.05, 4.69) is 42.5 Å². The van der Waals surface area contributed by atoms with E-state index in [-0.39, 0.29) is 84.3 Å². The van der Waals surface area contributed by atoms with Crippen molar-refractivity contribution >= 4 is 47.3 Å². The van der Waals surface area contributed by atoms with Crippen molar-refractivity contribution in [2.24, 2.45) is 11.8 Å². The largest absolute Gasteiger partial charge is 0.347 e. The van der Waals surface area contributed by atoms with Crippen LogP contribution in [0.1, 0.15) is 146 Å². The van der Waals surface area contributed by atoms with E-state index in [0.29, 0.717) is 12.8 Å². The van der Waals surface area contributed by atoms with Crippen molar-refractivity contribution in [2.75, 3.05) is 27.2 Å². The molecular weight excluding hydrogens is 1110 g/mol. The molecule has 2 heterocycles. The number of hydrogen-bond acceptors (Lipinski definition) is 10. The van der Waals surface area contributed by atoms with Crippen LogP contribution >= 0.6 is 0 Å². The van der Waals surface area contributed by atoms with Crippen LogP contribution in [0, 0.1) is 11.8 Å². The topological polar surface area (TPSA) is 239 Å². The van der Waals surface area contributed by atoms with Gasteiger partial charge in [0.1, 0.15) is 24.2 Å². The zero-order chi connectivity index (χ0) is 62.1. The molecule has 88 heavy (non-hydrogen) atoms. The number of rotatable bonds is 24. The monoisotopic (exact) mass is 1200 g/mol. The van der Waals surface area contributed by atoms with Gasteiger partial charge in [0.25, 0.3) is 11.8 Å². The lowest BCUT2D eigenvalue weighted by Crippen LogP contribution is -2.58. The van der Waals surface area contributed by atoms with Gasteiger partial charge in [-0.25, -0.2) is 0 Å². The molecule has 4 fully saturated rings. The molecule has 2 aliphatic heterocycles. The van der Waals surface area contributed by atoms with Gasteiger partial charge in [-0.2, -0.15) is 0 Å². The first-order valence-corrected chi connectivity index (χ1v) is 31.7. The Morgan fingerprint density at radius 3 is 1.09 bits per heavy atom. The van der Waals surface area contributed by atoms with Gasteiger partial charge in [-0.15, -0.1) is 0 Å². The third-order valence-electron chi connectivity index (χ3n) is 18.5. The van der Waals surface area contributed by atoms with Gasteiger partial charge in [0, 0.05) is 36.3 Å². The van der Waals surface area contributed by atoms with Gasteiger partial charge in [-0.05, 0) is 138 Å². The van der Waals surface area contributed by atoms with E-state index in [1.807, 2.05) is 121 Å². The Labute approximate surface area is 517 Å². The minimum absolute atomic E-state index is 0.0151. The third-order valence-corrected chi connectivity index (χ3v) is 18.5. The highest BCUT2D eigenvalue weighted by molar-refractivity contribution is 5.99. The molecule has 0 aromatic heterocycles. The Hall–Kier alpha value is -8.22. The van der Waals surface area contributed by atoms with Crippen LogP contribution in [-0.2, 0) is 41.6 Å². The summed E-state index contributed by atoms with van der Waals surface area (Å²) in [5.74, 6) is -3.35. The van der Waals surface area contributed by atoms with Crippen LogP contribution in [0.5, 0.6) is 0 Å². The maximum absolute atomic E-state index is 15.1. The zero-order valence-corrected chi connectivity index (χ0v) is 51.3. The van der Waals surface area contributed by atoms with Crippen LogP contribution in [0.2, 0.25) is 0 Å². The number of hydrogen-bond donors (Lipinski definition) is 8. The molecule has 4 aliphatic rings. The summed E-state index contributed by atoms with van der Waals surface area (Å²) in [5.41, 5.74) is 4.30. The number of likely N-dealkylation sites (tertiary alicyclic amines) is 2. The van der Waals surface area contributed by atoms with Crippen molar-refractivity contribution in [2.45, 2.75) is 164 Å². The lowest BCUT2D eigenvalue weighted by atomic mass is 9.83. The molecule has 5 aromatic carbocycles. The van der Waals surface area contributed by atoms with Crippen LogP contribution in [0.25, 0.3) is 0 Å². The highest BCUT2D eigenvalue weighted by Crippen LogP contribution is 2.33. The summed E-state index contributed by atoms with van der Waals surface area (Å²) in [5, 5.41) is 24.8. The molecule has 8 amide bonds. The molecule has 5 aromatic rings. The molecule has 18 heteroatoms. The van der Waals surface area contributed by atoms with E-state index in [0.717, 1.165) is 86.5 Å². The van der Waals surface area contributed by atoms with Crippen molar-refractivity contribution in [3.05, 3.63) is 179 Å². The normalized spacial score (nSPS) is 20.9. The van der Waals surface area contributed by atoms with Gasteiger partial charge in [0.15, 0.2) is 0 Å². The number of nitrogens with zero attached hydrogens (tertiary/aromatic N) is 2. The van der Waals surface area contributed by atoms with E-state index in [4.69, 9.17) is 0 Å². The molecule has 0 unspecified atom stereocenters. The number of amides is 8. The number of nitrogens with one attached hydrogen (secondary N) is 8. The molecule has 466 valence electrons. The van der Waals surface area contributed by atoms with Crippen molar-refractivity contribution in [1.29, 1.82) is 0 Å². The van der Waals surface area contributed by atoms with Crippen LogP contribution in [0.4, 0.5) is 0 Å². The highest BCUT2D eigenvalue weighted by Gasteiger charge is 2.47. The van der Waals surface area contributed by atoms with E-state index in [9.17, 15) is 28.8 Å². The summed E-state index contributed by atoms with van der Waals surface area (Å²) in [4.78, 5) is 119. The summed E-state index contributed by atoms with van der Waals surface area (Å²) >= 11 is 0. The Bertz CT molecular complexity index is 2930. The van der Waals surface area contributed by atoms with E-state index >= 15 is 9.59 Å². The molecule has 10 atom stereocenters. The molecule has 0 bridgehead atoms. The fourth-order valence-corrected chi connectivity index (χ4v) is 13.2. The fraction of sp³-hybridized carbons (Fsp3) is 0.457. The standard InChI is InChI=1S/C70H88N10O8/c1-45(71-3)63(81)77-61(51-31-19-9-20-32-51)69(87)79-43-55(41-59(79)67(85)75-57(49-27-15-7-16-28-49)39-47-23-11-5-12-24-47)73-65(83)53-35-37-54(38-36-53)66(84)74-56-42-60(68(86)76-58(50-29-17-8-18-30-50)40-48-25-13-6-14-26-48)80(44-56)70(88)62(52-33-21-10-22-34-52)78-64(82)46(2)72-4/h5-8,11-18,23-30,35-38,45-46,51-52,55-62,71-72H,9-10,19-22,31-34,39-44H2,1-4H3,(H,73,83)(H,74,84)(H,75,85)(H,76,86)(H,77,81)(H,78,82)/t45-,46-,55-,56-,57+,58+,59-,60-,61-,62-/m0/s1. The molecule has 2 saturated heterocycles. The third kappa shape index (κ3) is 16.7. The second kappa shape index (κ2) is 31.1. The van der Waals surface area contributed by atoms with Gasteiger partial charge in [-0.3, -0.25) is 38.4 Å². The summed E-state index contributed by atoms with van der Waals surface area (Å²) in [6, 6.07) is 38.2. The average molecular weight is 1200 g/mol. The first-order chi connectivity index (χ1) is 42.7. The Morgan fingerprint density at radius 2 is 0.761 bits per heavy atom. The molecule has 9 rings (SSSR count). The van der Waals surface area contributed by atoms with Gasteiger partial charge in [-0.1, -0.05) is 160 Å². The summed E-state index contributed by atoms with van der Waals surface area (Å²) in [6.07, 6.45) is 9.92. The van der Waals surface area contributed by atoms with Gasteiger partial charge >= 0.3 is 0 Å². The maximum atomic E-state index is 15.1. The van der Waals surface area contributed by atoms with Crippen molar-refractivity contribution in [1.82, 2.24) is 52.3 Å². The van der Waals surface area contributed by atoms with E-state index < -0.39 is 72.2 Å². The molecule has 2 saturated carbocycles. The number of likely N-dealkylation sites (N-methyl/N-ethyl adjacent to an activating group) is 2. The Morgan fingerprint density at radius 1 is 0.432 bits per heavy atom. The minimum atomic E-state index is -0.985. The lowest BCUT2D eigenvalue weighted by Gasteiger charge is -2.35. The van der Waals surface area contributed by atoms with E-state index in [1.54, 1.807) is 52.2 Å². The number of carbonyl (C=O) groups excluding carboxylic acids is 8. The number of carbonyl (C=O) groups is 8. The molecule has 8 N–H and O–H groups in total. The first kappa shape index (κ1) is 64.3. The second-order valence-corrected chi connectivity index (χ2v) is 24.5.